The number of aliphatic hydroxyl groups excluding tert-OH is 1. The second-order valence-corrected chi connectivity index (χ2v) is 6.36. The number of aliphatic hydroxyl groups is 1. The quantitative estimate of drug-likeness (QED) is 0.879. The molecule has 1 saturated heterocycles. The van der Waals surface area contributed by atoms with E-state index in [-0.39, 0.29) is 6.61 Å². The van der Waals surface area contributed by atoms with Crippen molar-refractivity contribution in [3.05, 3.63) is 23.7 Å². The lowest BCUT2D eigenvalue weighted by Gasteiger charge is -2.33. The van der Waals surface area contributed by atoms with E-state index in [0.29, 0.717) is 16.3 Å². The van der Waals surface area contributed by atoms with Crippen molar-refractivity contribution in [2.24, 2.45) is 0 Å². The van der Waals surface area contributed by atoms with Gasteiger partial charge in [0, 0.05) is 23.6 Å². The van der Waals surface area contributed by atoms with E-state index in [2.05, 4.69) is 30.5 Å². The Kier molecular flexibility index (Phi) is 3.95. The summed E-state index contributed by atoms with van der Waals surface area (Å²) in [4.78, 5) is 2.42. The average Bonchev–Trinajstić information content (AvgIpc) is 2.64. The van der Waals surface area contributed by atoms with Crippen molar-refractivity contribution in [2.45, 2.75) is 37.5 Å². The van der Waals surface area contributed by atoms with Crippen molar-refractivity contribution in [3.63, 3.8) is 0 Å². The second-order valence-electron chi connectivity index (χ2n) is 4.48. The van der Waals surface area contributed by atoms with E-state index in [1.54, 1.807) is 0 Å². The maximum absolute atomic E-state index is 8.93. The predicted molar refractivity (Wildman–Crippen MR) is 66.4 cm³/mol. The first-order valence-corrected chi connectivity index (χ1v) is 6.68. The number of rotatable bonds is 3. The maximum Gasteiger partial charge on any atom is 0.129 e. The van der Waals surface area contributed by atoms with Gasteiger partial charge in [0.1, 0.15) is 18.1 Å². The third-order valence-corrected chi connectivity index (χ3v) is 3.98. The van der Waals surface area contributed by atoms with Crippen molar-refractivity contribution >= 4 is 11.8 Å². The fourth-order valence-corrected chi connectivity index (χ4v) is 3.61. The fraction of sp³-hybridized carbons (Fsp3) is 0.667. The highest BCUT2D eigenvalue weighted by atomic mass is 32.2. The van der Waals surface area contributed by atoms with Gasteiger partial charge < -0.3 is 9.52 Å². The zero-order chi connectivity index (χ0) is 11.5. The van der Waals surface area contributed by atoms with Crippen LogP contribution in [0.15, 0.2) is 16.5 Å². The van der Waals surface area contributed by atoms with Gasteiger partial charge in [0.05, 0.1) is 6.54 Å². The van der Waals surface area contributed by atoms with Gasteiger partial charge >= 0.3 is 0 Å². The summed E-state index contributed by atoms with van der Waals surface area (Å²) in [6, 6.07) is 3.81. The Morgan fingerprint density at radius 2 is 1.94 bits per heavy atom. The van der Waals surface area contributed by atoms with Gasteiger partial charge in [0.2, 0.25) is 0 Å². The molecule has 0 saturated carbocycles. The van der Waals surface area contributed by atoms with Crippen LogP contribution in [0.3, 0.4) is 0 Å². The molecule has 0 aliphatic carbocycles. The first-order valence-electron chi connectivity index (χ1n) is 5.73. The molecule has 0 aromatic carbocycles. The van der Waals surface area contributed by atoms with Crippen LogP contribution >= 0.6 is 11.8 Å². The van der Waals surface area contributed by atoms with E-state index in [1.807, 2.05) is 12.1 Å². The molecule has 16 heavy (non-hydrogen) atoms. The Balaban J connectivity index is 1.93. The van der Waals surface area contributed by atoms with Gasteiger partial charge in [-0.2, -0.15) is 11.8 Å². The number of hydrogen-bond acceptors (Lipinski definition) is 4. The summed E-state index contributed by atoms with van der Waals surface area (Å²) in [5, 5.41) is 10.3. The monoisotopic (exact) mass is 241 g/mol. The Bertz CT molecular complexity index is 330. The van der Waals surface area contributed by atoms with Crippen LogP contribution < -0.4 is 0 Å². The van der Waals surface area contributed by atoms with Crippen molar-refractivity contribution in [3.8, 4) is 0 Å². The molecule has 1 aliphatic heterocycles. The molecule has 0 bridgehead atoms. The topological polar surface area (TPSA) is 36.6 Å². The van der Waals surface area contributed by atoms with Gasteiger partial charge in [-0.15, -0.1) is 0 Å². The van der Waals surface area contributed by atoms with Gasteiger partial charge in [-0.05, 0) is 12.1 Å². The molecule has 0 radical (unpaired) electrons. The van der Waals surface area contributed by atoms with Crippen LogP contribution in [-0.2, 0) is 13.2 Å². The molecule has 2 heterocycles. The third-order valence-electron chi connectivity index (χ3n) is 2.75. The fourth-order valence-electron chi connectivity index (χ4n) is 2.23. The van der Waals surface area contributed by atoms with Crippen LogP contribution in [0.4, 0.5) is 0 Å². The lowest BCUT2D eigenvalue weighted by atomic mass is 10.3. The summed E-state index contributed by atoms with van der Waals surface area (Å²) in [5.74, 6) is 1.61. The van der Waals surface area contributed by atoms with Crippen molar-refractivity contribution < 1.29 is 9.52 Å². The summed E-state index contributed by atoms with van der Waals surface area (Å²) < 4.78 is 5.51. The molecule has 4 heteroatoms. The largest absolute Gasteiger partial charge is 0.462 e. The van der Waals surface area contributed by atoms with E-state index in [0.717, 1.165) is 25.4 Å². The Morgan fingerprint density at radius 3 is 2.50 bits per heavy atom. The second kappa shape index (κ2) is 5.25. The lowest BCUT2D eigenvalue weighted by molar-refractivity contribution is 0.217. The first-order chi connectivity index (χ1) is 7.67. The minimum Gasteiger partial charge on any atom is -0.462 e. The third kappa shape index (κ3) is 3.03. The lowest BCUT2D eigenvalue weighted by Crippen LogP contribution is -2.39. The zero-order valence-corrected chi connectivity index (χ0v) is 10.7. The highest BCUT2D eigenvalue weighted by Crippen LogP contribution is 2.25. The maximum atomic E-state index is 8.93. The smallest absolute Gasteiger partial charge is 0.129 e. The number of thioether (sulfide) groups is 1. The van der Waals surface area contributed by atoms with Crippen LogP contribution in [0.25, 0.3) is 0 Å². The van der Waals surface area contributed by atoms with Crippen molar-refractivity contribution in [1.82, 2.24) is 4.90 Å². The molecule has 1 aliphatic rings. The van der Waals surface area contributed by atoms with Gasteiger partial charge in [-0.25, -0.2) is 0 Å². The van der Waals surface area contributed by atoms with E-state index in [9.17, 15) is 0 Å². The van der Waals surface area contributed by atoms with Gasteiger partial charge in [0.25, 0.3) is 0 Å². The molecular formula is C12H19NO2S. The molecule has 2 rings (SSSR count). The van der Waals surface area contributed by atoms with Gasteiger partial charge in [-0.1, -0.05) is 13.8 Å². The Labute approximate surface area is 101 Å². The zero-order valence-electron chi connectivity index (χ0n) is 9.85. The molecule has 2 atom stereocenters. The molecule has 2 unspecified atom stereocenters. The normalized spacial score (nSPS) is 27.2. The highest BCUT2D eigenvalue weighted by Gasteiger charge is 2.22. The average molecular weight is 241 g/mol. The minimum absolute atomic E-state index is 0.0113. The number of nitrogens with zero attached hydrogens (tertiary/aromatic N) is 1. The van der Waals surface area contributed by atoms with E-state index >= 15 is 0 Å². The van der Waals surface area contributed by atoms with E-state index in [1.165, 1.54) is 0 Å². The first kappa shape index (κ1) is 12.0. The molecule has 1 N–H and O–H groups in total. The van der Waals surface area contributed by atoms with Crippen molar-refractivity contribution in [2.75, 3.05) is 13.1 Å². The number of furan rings is 1. The summed E-state index contributed by atoms with van der Waals surface area (Å²) in [6.07, 6.45) is 0. The summed E-state index contributed by atoms with van der Waals surface area (Å²) in [6.45, 7) is 7.62. The highest BCUT2D eigenvalue weighted by molar-refractivity contribution is 8.00. The number of hydrogen-bond donors (Lipinski definition) is 1. The van der Waals surface area contributed by atoms with Crippen LogP contribution in [0.1, 0.15) is 25.4 Å². The molecular weight excluding hydrogens is 222 g/mol. The molecule has 1 aromatic rings. The van der Waals surface area contributed by atoms with Gasteiger partial charge in [0.15, 0.2) is 0 Å². The summed E-state index contributed by atoms with van der Waals surface area (Å²) >= 11 is 2.05. The Hall–Kier alpha value is -0.450. The van der Waals surface area contributed by atoms with Crippen LogP contribution in [0, 0.1) is 0 Å². The van der Waals surface area contributed by atoms with Gasteiger partial charge in [-0.3, -0.25) is 4.90 Å². The SMILES string of the molecule is CC1CN(Cc2ccc(CO)o2)CC(C)S1. The molecule has 0 amide bonds. The van der Waals surface area contributed by atoms with Crippen LogP contribution in [0.2, 0.25) is 0 Å². The molecule has 1 aromatic heterocycles. The molecule has 0 spiro atoms. The predicted octanol–water partition coefficient (Wildman–Crippen LogP) is 2.10. The van der Waals surface area contributed by atoms with Crippen molar-refractivity contribution in [1.29, 1.82) is 0 Å². The molecule has 3 nitrogen and oxygen atoms in total. The minimum atomic E-state index is -0.0113. The van der Waals surface area contributed by atoms with E-state index in [4.69, 9.17) is 9.52 Å². The molecule has 90 valence electrons. The molecule has 1 fully saturated rings. The van der Waals surface area contributed by atoms with Crippen LogP contribution in [0.5, 0.6) is 0 Å². The summed E-state index contributed by atoms with van der Waals surface area (Å²) in [7, 11) is 0. The van der Waals surface area contributed by atoms with E-state index < -0.39 is 0 Å². The summed E-state index contributed by atoms with van der Waals surface area (Å²) in [5.41, 5.74) is 0. The Morgan fingerprint density at radius 1 is 1.31 bits per heavy atom. The standard InChI is InChI=1S/C12H19NO2S/c1-9-5-13(6-10(2)16-9)7-11-3-4-12(8-14)15-11/h3-4,9-10,14H,5-8H2,1-2H3. The van der Waals surface area contributed by atoms with Crippen LogP contribution in [-0.4, -0.2) is 33.6 Å².